The first-order chi connectivity index (χ1) is 13.0. The normalized spacial score (nSPS) is 13.1. The van der Waals surface area contributed by atoms with Crippen molar-refractivity contribution in [3.8, 4) is 22.6 Å². The minimum absolute atomic E-state index is 0.150. The Morgan fingerprint density at radius 2 is 1.70 bits per heavy atom. The molecule has 1 aliphatic heterocycles. The summed E-state index contributed by atoms with van der Waals surface area (Å²) in [5, 5.41) is 0. The molecule has 1 heterocycles. The van der Waals surface area contributed by atoms with Crippen LogP contribution < -0.4 is 14.4 Å². The van der Waals surface area contributed by atoms with Gasteiger partial charge in [-0.2, -0.15) is 0 Å². The van der Waals surface area contributed by atoms with Gasteiger partial charge in [-0.1, -0.05) is 19.4 Å². The maximum Gasteiger partial charge on any atom is 0.231 e. The van der Waals surface area contributed by atoms with E-state index in [0.29, 0.717) is 13.0 Å². The smallest absolute Gasteiger partial charge is 0.231 e. The molecule has 0 saturated heterocycles. The Balaban J connectivity index is 2.23. The molecule has 0 unspecified atom stereocenters. The van der Waals surface area contributed by atoms with Gasteiger partial charge in [0.2, 0.25) is 5.91 Å². The number of methoxy groups -OCH3 is 2. The van der Waals surface area contributed by atoms with E-state index in [1.165, 1.54) is 5.56 Å². The number of anilines is 1. The third kappa shape index (κ3) is 3.41. The molecular weight excluding hydrogens is 338 g/mol. The molecule has 2 aromatic carbocycles. The van der Waals surface area contributed by atoms with E-state index in [1.807, 2.05) is 11.8 Å². The molecular formula is C23H29NO3. The molecule has 2 aromatic rings. The highest BCUT2D eigenvalue weighted by molar-refractivity contribution is 6.05. The van der Waals surface area contributed by atoms with Gasteiger partial charge in [0.15, 0.2) is 0 Å². The Bertz CT molecular complexity index is 832. The maximum absolute atomic E-state index is 12.5. The zero-order valence-electron chi connectivity index (χ0n) is 17.0. The average Bonchev–Trinajstić information content (AvgIpc) is 3.00. The lowest BCUT2D eigenvalue weighted by Crippen LogP contribution is -2.25. The van der Waals surface area contributed by atoms with Crippen molar-refractivity contribution in [3.63, 3.8) is 0 Å². The molecule has 0 aliphatic carbocycles. The van der Waals surface area contributed by atoms with Crippen LogP contribution in [0.15, 0.2) is 24.3 Å². The summed E-state index contributed by atoms with van der Waals surface area (Å²) in [5.74, 6) is 1.76. The van der Waals surface area contributed by atoms with Gasteiger partial charge >= 0.3 is 0 Å². The molecule has 0 aromatic heterocycles. The highest BCUT2D eigenvalue weighted by atomic mass is 16.5. The minimum Gasteiger partial charge on any atom is -0.496 e. The van der Waals surface area contributed by atoms with Crippen LogP contribution in [0.2, 0.25) is 0 Å². The number of carbonyl (C=O) groups excluding carboxylic acids is 1. The first kappa shape index (κ1) is 19.3. The van der Waals surface area contributed by atoms with Crippen molar-refractivity contribution in [2.75, 3.05) is 25.7 Å². The number of hydrogen-bond acceptors (Lipinski definition) is 3. The fraction of sp³-hybridized carbons (Fsp3) is 0.435. The van der Waals surface area contributed by atoms with Crippen molar-refractivity contribution in [1.82, 2.24) is 0 Å². The summed E-state index contributed by atoms with van der Waals surface area (Å²) >= 11 is 0. The number of hydrogen-bond donors (Lipinski definition) is 0. The topological polar surface area (TPSA) is 38.8 Å². The standard InChI is InChI=1S/C23H29NO3/c1-6-8-9-16-12-19(26-4)23(20(13-16)27-5)22-15(3)10-11-18-17(22)14-21(25)24(18)7-2/h10-13H,6-9,14H2,1-5H3. The lowest BCUT2D eigenvalue weighted by Gasteiger charge is -2.21. The highest BCUT2D eigenvalue weighted by Crippen LogP contribution is 2.47. The van der Waals surface area contributed by atoms with Crippen molar-refractivity contribution < 1.29 is 14.3 Å². The number of unbranched alkanes of at least 4 members (excludes halogenated alkanes) is 1. The van der Waals surface area contributed by atoms with E-state index in [1.54, 1.807) is 14.2 Å². The summed E-state index contributed by atoms with van der Waals surface area (Å²) in [4.78, 5) is 14.4. The van der Waals surface area contributed by atoms with Crippen LogP contribution >= 0.6 is 0 Å². The van der Waals surface area contributed by atoms with Crippen molar-refractivity contribution in [2.24, 2.45) is 0 Å². The van der Waals surface area contributed by atoms with Gasteiger partial charge in [-0.25, -0.2) is 0 Å². The van der Waals surface area contributed by atoms with E-state index in [9.17, 15) is 4.79 Å². The molecule has 144 valence electrons. The molecule has 0 saturated carbocycles. The Hall–Kier alpha value is -2.49. The van der Waals surface area contributed by atoms with Crippen LogP contribution in [0.25, 0.3) is 11.1 Å². The summed E-state index contributed by atoms with van der Waals surface area (Å²) < 4.78 is 11.6. The number of nitrogens with zero attached hydrogens (tertiary/aromatic N) is 1. The number of aryl methyl sites for hydroxylation is 2. The van der Waals surface area contributed by atoms with Gasteiger partial charge in [0, 0.05) is 12.2 Å². The molecule has 0 spiro atoms. The third-order valence-corrected chi connectivity index (χ3v) is 5.37. The zero-order chi connectivity index (χ0) is 19.6. The van der Waals surface area contributed by atoms with E-state index in [-0.39, 0.29) is 5.91 Å². The summed E-state index contributed by atoms with van der Waals surface area (Å²) in [7, 11) is 3.40. The average molecular weight is 367 g/mol. The molecule has 3 rings (SSSR count). The van der Waals surface area contributed by atoms with E-state index in [0.717, 1.165) is 58.7 Å². The summed E-state index contributed by atoms with van der Waals surface area (Å²) in [6.07, 6.45) is 3.69. The van der Waals surface area contributed by atoms with Gasteiger partial charge in [-0.3, -0.25) is 4.79 Å². The van der Waals surface area contributed by atoms with Crippen LogP contribution in [0.3, 0.4) is 0 Å². The second-order valence-electron chi connectivity index (χ2n) is 7.05. The number of benzene rings is 2. The third-order valence-electron chi connectivity index (χ3n) is 5.37. The predicted molar refractivity (Wildman–Crippen MR) is 110 cm³/mol. The molecule has 0 N–H and O–H groups in total. The Morgan fingerprint density at radius 3 is 2.26 bits per heavy atom. The number of rotatable bonds is 7. The van der Waals surface area contributed by atoms with Gasteiger partial charge in [0.05, 0.1) is 26.2 Å². The predicted octanol–water partition coefficient (Wildman–Crippen LogP) is 4.93. The van der Waals surface area contributed by atoms with Gasteiger partial charge in [0.1, 0.15) is 11.5 Å². The Labute approximate surface area is 162 Å². The van der Waals surface area contributed by atoms with E-state index >= 15 is 0 Å². The van der Waals surface area contributed by atoms with Crippen LogP contribution in [0, 0.1) is 6.92 Å². The molecule has 0 fully saturated rings. The highest BCUT2D eigenvalue weighted by Gasteiger charge is 2.31. The number of ether oxygens (including phenoxy) is 2. The van der Waals surface area contributed by atoms with E-state index in [2.05, 4.69) is 38.1 Å². The largest absolute Gasteiger partial charge is 0.496 e. The lowest BCUT2D eigenvalue weighted by molar-refractivity contribution is -0.117. The molecule has 0 radical (unpaired) electrons. The molecule has 1 aliphatic rings. The number of fused-ring (bicyclic) bond motifs is 1. The monoisotopic (exact) mass is 367 g/mol. The zero-order valence-corrected chi connectivity index (χ0v) is 17.0. The van der Waals surface area contributed by atoms with Crippen LogP contribution in [-0.2, 0) is 17.6 Å². The fourth-order valence-corrected chi connectivity index (χ4v) is 4.00. The lowest BCUT2D eigenvalue weighted by atomic mass is 9.90. The van der Waals surface area contributed by atoms with Crippen LogP contribution in [0.4, 0.5) is 5.69 Å². The number of likely N-dealkylation sites (N-methyl/N-ethyl adjacent to an activating group) is 1. The Kier molecular flexibility index (Phi) is 5.73. The molecule has 27 heavy (non-hydrogen) atoms. The number of carbonyl (C=O) groups is 1. The second kappa shape index (κ2) is 8.03. The van der Waals surface area contributed by atoms with Crippen molar-refractivity contribution in [2.45, 2.75) is 46.5 Å². The van der Waals surface area contributed by atoms with Crippen molar-refractivity contribution in [3.05, 3.63) is 41.0 Å². The first-order valence-corrected chi connectivity index (χ1v) is 9.73. The fourth-order valence-electron chi connectivity index (χ4n) is 4.00. The van der Waals surface area contributed by atoms with E-state index in [4.69, 9.17) is 9.47 Å². The Morgan fingerprint density at radius 1 is 1.04 bits per heavy atom. The minimum atomic E-state index is 0.150. The molecule has 4 heteroatoms. The summed E-state index contributed by atoms with van der Waals surface area (Å²) in [6, 6.07) is 8.36. The summed E-state index contributed by atoms with van der Waals surface area (Å²) in [5.41, 5.74) is 6.41. The first-order valence-electron chi connectivity index (χ1n) is 9.73. The SMILES string of the molecule is CCCCc1cc(OC)c(-c2c(C)ccc3c2CC(=O)N3CC)c(OC)c1. The van der Waals surface area contributed by atoms with Crippen LogP contribution in [0.5, 0.6) is 11.5 Å². The number of amides is 1. The van der Waals surface area contributed by atoms with Gasteiger partial charge in [-0.05, 0) is 67.1 Å². The van der Waals surface area contributed by atoms with E-state index < -0.39 is 0 Å². The van der Waals surface area contributed by atoms with Gasteiger partial charge < -0.3 is 14.4 Å². The second-order valence-corrected chi connectivity index (χ2v) is 7.05. The van der Waals surface area contributed by atoms with Crippen LogP contribution in [0.1, 0.15) is 43.4 Å². The molecule has 0 atom stereocenters. The molecule has 1 amide bonds. The quantitative estimate of drug-likeness (QED) is 0.696. The van der Waals surface area contributed by atoms with Crippen molar-refractivity contribution in [1.29, 1.82) is 0 Å². The van der Waals surface area contributed by atoms with Gasteiger partial charge in [0.25, 0.3) is 0 Å². The van der Waals surface area contributed by atoms with Gasteiger partial charge in [-0.15, -0.1) is 0 Å². The van der Waals surface area contributed by atoms with Crippen molar-refractivity contribution >= 4 is 11.6 Å². The molecule has 4 nitrogen and oxygen atoms in total. The van der Waals surface area contributed by atoms with Crippen LogP contribution in [-0.4, -0.2) is 26.7 Å². The molecule has 0 bridgehead atoms. The maximum atomic E-state index is 12.5. The summed E-state index contributed by atoms with van der Waals surface area (Å²) in [6.45, 7) is 6.96.